The molecule has 0 heterocycles. The van der Waals surface area contributed by atoms with E-state index in [-0.39, 0.29) is 36.1 Å². The molecule has 1 aliphatic carbocycles. The van der Waals surface area contributed by atoms with E-state index in [2.05, 4.69) is 63.4 Å². The van der Waals surface area contributed by atoms with Crippen LogP contribution >= 0.6 is 24.0 Å². The number of rotatable bonds is 4. The SMILES string of the molecule is CN=C(NCc1ccc2ccccc2c1)NC1CCC(NC(=O)OC(C)(C)C)CC1.I. The molecule has 1 fully saturated rings. The Balaban J connectivity index is 0.00000341. The number of nitrogens with zero attached hydrogens (tertiary/aromatic N) is 1. The predicted octanol–water partition coefficient (Wildman–Crippen LogP) is 4.96. The van der Waals surface area contributed by atoms with Crippen LogP contribution in [0.1, 0.15) is 52.0 Å². The molecule has 6 nitrogen and oxygen atoms in total. The van der Waals surface area contributed by atoms with E-state index >= 15 is 0 Å². The molecule has 0 atom stereocenters. The summed E-state index contributed by atoms with van der Waals surface area (Å²) in [5, 5.41) is 12.4. The van der Waals surface area contributed by atoms with Crippen molar-refractivity contribution in [2.24, 2.45) is 4.99 Å². The highest BCUT2D eigenvalue weighted by atomic mass is 127. The van der Waals surface area contributed by atoms with Crippen LogP contribution in [0.5, 0.6) is 0 Å². The Hall–Kier alpha value is -2.03. The number of ether oxygens (including phenoxy) is 1. The molecule has 0 bridgehead atoms. The van der Waals surface area contributed by atoms with Crippen molar-refractivity contribution in [3.63, 3.8) is 0 Å². The maximum absolute atomic E-state index is 12.0. The lowest BCUT2D eigenvalue weighted by Crippen LogP contribution is -2.47. The van der Waals surface area contributed by atoms with Gasteiger partial charge in [-0.1, -0.05) is 36.4 Å². The van der Waals surface area contributed by atoms with Gasteiger partial charge in [0, 0.05) is 25.7 Å². The molecular formula is C24H35IN4O2. The molecular weight excluding hydrogens is 503 g/mol. The first kappa shape index (κ1) is 25.2. The molecule has 31 heavy (non-hydrogen) atoms. The monoisotopic (exact) mass is 538 g/mol. The van der Waals surface area contributed by atoms with Crippen LogP contribution in [0.15, 0.2) is 47.5 Å². The number of guanidine groups is 1. The molecule has 1 aliphatic rings. The van der Waals surface area contributed by atoms with Gasteiger partial charge >= 0.3 is 6.09 Å². The number of nitrogens with one attached hydrogen (secondary N) is 3. The minimum atomic E-state index is -0.466. The summed E-state index contributed by atoms with van der Waals surface area (Å²) in [6.07, 6.45) is 3.50. The van der Waals surface area contributed by atoms with E-state index in [0.717, 1.165) is 38.2 Å². The fraction of sp³-hybridized carbons (Fsp3) is 0.500. The minimum absolute atomic E-state index is 0. The Morgan fingerprint density at radius 1 is 1.00 bits per heavy atom. The molecule has 3 rings (SSSR count). The summed E-state index contributed by atoms with van der Waals surface area (Å²) in [5.74, 6) is 0.812. The van der Waals surface area contributed by atoms with E-state index in [4.69, 9.17) is 4.74 Å². The third kappa shape index (κ3) is 8.20. The Kier molecular flexibility index (Phi) is 9.40. The van der Waals surface area contributed by atoms with Gasteiger partial charge in [0.25, 0.3) is 0 Å². The second kappa shape index (κ2) is 11.5. The molecule has 3 N–H and O–H groups in total. The molecule has 7 heteroatoms. The third-order valence-electron chi connectivity index (χ3n) is 5.29. The van der Waals surface area contributed by atoms with Crippen LogP contribution < -0.4 is 16.0 Å². The van der Waals surface area contributed by atoms with Crippen LogP contribution in [0.2, 0.25) is 0 Å². The van der Waals surface area contributed by atoms with Gasteiger partial charge in [0.1, 0.15) is 5.60 Å². The maximum atomic E-state index is 12.0. The van der Waals surface area contributed by atoms with Crippen molar-refractivity contribution in [3.05, 3.63) is 48.0 Å². The largest absolute Gasteiger partial charge is 0.444 e. The van der Waals surface area contributed by atoms with Gasteiger partial charge in [0.15, 0.2) is 5.96 Å². The summed E-state index contributed by atoms with van der Waals surface area (Å²) in [4.78, 5) is 16.3. The van der Waals surface area contributed by atoms with Gasteiger partial charge in [-0.3, -0.25) is 4.99 Å². The number of aliphatic imine (C=N–C) groups is 1. The molecule has 2 aromatic rings. The molecule has 0 aromatic heterocycles. The van der Waals surface area contributed by atoms with Gasteiger partial charge in [-0.25, -0.2) is 4.79 Å². The van der Waals surface area contributed by atoms with Gasteiger partial charge in [-0.05, 0) is 68.9 Å². The Labute approximate surface area is 202 Å². The van der Waals surface area contributed by atoms with Crippen LogP contribution in [0.3, 0.4) is 0 Å². The summed E-state index contributed by atoms with van der Waals surface area (Å²) >= 11 is 0. The van der Waals surface area contributed by atoms with E-state index in [9.17, 15) is 4.79 Å². The van der Waals surface area contributed by atoms with Crippen LogP contribution in [-0.4, -0.2) is 36.8 Å². The van der Waals surface area contributed by atoms with Gasteiger partial charge in [0.2, 0.25) is 0 Å². The number of halogens is 1. The lowest BCUT2D eigenvalue weighted by molar-refractivity contribution is 0.0490. The fourth-order valence-corrected chi connectivity index (χ4v) is 3.78. The zero-order valence-electron chi connectivity index (χ0n) is 18.9. The highest BCUT2D eigenvalue weighted by Gasteiger charge is 2.25. The van der Waals surface area contributed by atoms with E-state index in [0.29, 0.717) is 6.04 Å². The second-order valence-corrected chi connectivity index (χ2v) is 8.95. The molecule has 0 radical (unpaired) electrons. The van der Waals surface area contributed by atoms with Crippen molar-refractivity contribution in [1.82, 2.24) is 16.0 Å². The number of carbonyl (C=O) groups excluding carboxylic acids is 1. The van der Waals surface area contributed by atoms with Crippen molar-refractivity contribution in [2.45, 2.75) is 70.7 Å². The first-order valence-electron chi connectivity index (χ1n) is 10.8. The first-order valence-corrected chi connectivity index (χ1v) is 10.8. The lowest BCUT2D eigenvalue weighted by atomic mass is 9.91. The average molecular weight is 538 g/mol. The fourth-order valence-electron chi connectivity index (χ4n) is 3.78. The number of hydrogen-bond acceptors (Lipinski definition) is 3. The Morgan fingerprint density at radius 2 is 1.61 bits per heavy atom. The van der Waals surface area contributed by atoms with Gasteiger partial charge in [-0.15, -0.1) is 24.0 Å². The summed E-state index contributed by atoms with van der Waals surface area (Å²) in [6.45, 7) is 6.36. The number of carbonyl (C=O) groups is 1. The standard InChI is InChI=1S/C24H34N4O2.HI/c1-24(2,3)30-23(29)28-21-13-11-20(12-14-21)27-22(25-4)26-16-17-9-10-18-7-5-6-8-19(18)15-17;/h5-10,15,20-21H,11-14,16H2,1-4H3,(H,28,29)(H2,25,26,27);1H. The van der Waals surface area contributed by atoms with Gasteiger partial charge in [0.05, 0.1) is 0 Å². The summed E-state index contributed by atoms with van der Waals surface area (Å²) in [6, 6.07) is 15.4. The van der Waals surface area contributed by atoms with E-state index in [1.807, 2.05) is 20.8 Å². The molecule has 0 saturated heterocycles. The Morgan fingerprint density at radius 3 is 2.23 bits per heavy atom. The van der Waals surface area contributed by atoms with Crippen LogP contribution in [0, 0.1) is 0 Å². The second-order valence-electron chi connectivity index (χ2n) is 8.95. The smallest absolute Gasteiger partial charge is 0.407 e. The zero-order valence-corrected chi connectivity index (χ0v) is 21.2. The van der Waals surface area contributed by atoms with Crippen molar-refractivity contribution in [2.75, 3.05) is 7.05 Å². The Bertz CT molecular complexity index is 887. The highest BCUT2D eigenvalue weighted by molar-refractivity contribution is 14.0. The molecule has 170 valence electrons. The van der Waals surface area contributed by atoms with Crippen molar-refractivity contribution < 1.29 is 9.53 Å². The molecule has 0 aliphatic heterocycles. The lowest BCUT2D eigenvalue weighted by Gasteiger charge is -2.31. The van der Waals surface area contributed by atoms with Gasteiger partial charge < -0.3 is 20.7 Å². The summed E-state index contributed by atoms with van der Waals surface area (Å²) in [5.41, 5.74) is 0.758. The van der Waals surface area contributed by atoms with E-state index < -0.39 is 5.60 Å². The highest BCUT2D eigenvalue weighted by Crippen LogP contribution is 2.20. The van der Waals surface area contributed by atoms with Crippen molar-refractivity contribution >= 4 is 46.8 Å². The van der Waals surface area contributed by atoms with Crippen LogP contribution in [0.4, 0.5) is 4.79 Å². The predicted molar refractivity (Wildman–Crippen MR) is 138 cm³/mol. The molecule has 0 spiro atoms. The molecule has 0 unspecified atom stereocenters. The van der Waals surface area contributed by atoms with Crippen LogP contribution in [-0.2, 0) is 11.3 Å². The third-order valence-corrected chi connectivity index (χ3v) is 5.29. The first-order chi connectivity index (χ1) is 14.3. The number of benzene rings is 2. The molecule has 1 amide bonds. The maximum Gasteiger partial charge on any atom is 0.407 e. The number of fused-ring (bicyclic) bond motifs is 1. The number of alkyl carbamates (subject to hydrolysis) is 1. The van der Waals surface area contributed by atoms with E-state index in [1.165, 1.54) is 16.3 Å². The van der Waals surface area contributed by atoms with Crippen molar-refractivity contribution in [3.8, 4) is 0 Å². The quantitative estimate of drug-likeness (QED) is 0.292. The number of amides is 1. The molecule has 2 aromatic carbocycles. The van der Waals surface area contributed by atoms with Gasteiger partial charge in [-0.2, -0.15) is 0 Å². The van der Waals surface area contributed by atoms with E-state index in [1.54, 1.807) is 7.05 Å². The zero-order chi connectivity index (χ0) is 21.6. The number of hydrogen-bond donors (Lipinski definition) is 3. The topological polar surface area (TPSA) is 74.8 Å². The molecule has 1 saturated carbocycles. The van der Waals surface area contributed by atoms with Crippen LogP contribution in [0.25, 0.3) is 10.8 Å². The summed E-state index contributed by atoms with van der Waals surface area (Å²) in [7, 11) is 1.80. The van der Waals surface area contributed by atoms with Crippen molar-refractivity contribution in [1.29, 1.82) is 0 Å². The minimum Gasteiger partial charge on any atom is -0.444 e. The summed E-state index contributed by atoms with van der Waals surface area (Å²) < 4.78 is 5.36. The normalized spacial score (nSPS) is 19.3. The average Bonchev–Trinajstić information content (AvgIpc) is 2.70.